The highest BCUT2D eigenvalue weighted by Gasteiger charge is 2.49. The molecule has 0 amide bonds. The van der Waals surface area contributed by atoms with E-state index < -0.39 is 17.8 Å². The minimum absolute atomic E-state index is 0.0554. The number of alkyl halides is 2. The number of likely N-dealkylation sites (tertiary alicyclic amines) is 1. The molecule has 1 saturated heterocycles. The number of carbonyl (C=O) groups is 1. The predicted molar refractivity (Wildman–Crippen MR) is 146 cm³/mol. The number of H-pyrrole nitrogens is 1. The molecule has 4 aromatic heterocycles. The number of likely N-dealkylation sites (N-methyl/N-ethyl adjacent to an activating group) is 1. The van der Waals surface area contributed by atoms with Crippen molar-refractivity contribution in [2.75, 3.05) is 25.9 Å². The van der Waals surface area contributed by atoms with Gasteiger partial charge >= 0.3 is 0 Å². The van der Waals surface area contributed by atoms with E-state index in [2.05, 4.69) is 19.9 Å². The van der Waals surface area contributed by atoms with E-state index in [4.69, 9.17) is 10.5 Å². The number of carbonyl (C=O) groups excluding carboxylic acids is 1. The monoisotopic (exact) mass is 547 g/mol. The zero-order valence-electron chi connectivity index (χ0n) is 22.3. The van der Waals surface area contributed by atoms with Gasteiger partial charge in [-0.25, -0.2) is 18.7 Å². The Bertz CT molecular complexity index is 1830. The van der Waals surface area contributed by atoms with Crippen molar-refractivity contribution < 1.29 is 23.4 Å². The van der Waals surface area contributed by atoms with Gasteiger partial charge in [0, 0.05) is 30.6 Å². The number of ketones is 1. The molecule has 5 heterocycles. The van der Waals surface area contributed by atoms with Crippen molar-refractivity contribution in [2.24, 2.45) is 0 Å². The Balaban J connectivity index is 1.44. The van der Waals surface area contributed by atoms with Gasteiger partial charge in [-0.3, -0.25) is 19.2 Å². The van der Waals surface area contributed by atoms with Gasteiger partial charge in [0.05, 0.1) is 34.5 Å². The molecule has 6 rings (SSSR count). The standard InChI is InChI=1S/C28H27F2N7O3/c1-13-5-6-18(38)15(3)24(13)37-26(31)21(23-27(37)33-8-7-32-23)25(39)17-10-16-22(35-17)14(2)9-20(34-16)40-19-11-36(4)12-28(19,29)30/h5-10,19,35,38H,11-12,31H2,1-4H3/t19-/m0/s1. The fourth-order valence-corrected chi connectivity index (χ4v) is 5.41. The SMILES string of the molecule is Cc1ccc(O)c(C)c1-n1c(N)c(C(=O)c2cc3nc(O[C@H]4CN(C)CC4(F)F)cc(C)c3[nH]2)c2nccnc21. The number of anilines is 1. The normalized spacial score (nSPS) is 17.2. The third kappa shape index (κ3) is 3.94. The van der Waals surface area contributed by atoms with Crippen LogP contribution in [0.15, 0.2) is 36.7 Å². The second-order valence-electron chi connectivity index (χ2n) is 10.3. The molecule has 4 N–H and O–H groups in total. The lowest BCUT2D eigenvalue weighted by atomic mass is 10.1. The van der Waals surface area contributed by atoms with Crippen LogP contribution >= 0.6 is 0 Å². The van der Waals surface area contributed by atoms with Gasteiger partial charge in [-0.05, 0) is 51.1 Å². The summed E-state index contributed by atoms with van der Waals surface area (Å²) in [5.41, 5.74) is 11.2. The molecule has 1 atom stereocenters. The summed E-state index contributed by atoms with van der Waals surface area (Å²) < 4.78 is 35.9. The van der Waals surface area contributed by atoms with E-state index in [1.807, 2.05) is 6.92 Å². The molecule has 206 valence electrons. The number of benzene rings is 1. The first-order chi connectivity index (χ1) is 19.0. The van der Waals surface area contributed by atoms with Crippen molar-refractivity contribution >= 4 is 33.8 Å². The van der Waals surface area contributed by atoms with Crippen LogP contribution in [0.3, 0.4) is 0 Å². The lowest BCUT2D eigenvalue weighted by Gasteiger charge is -2.19. The molecule has 0 spiro atoms. The molecule has 0 unspecified atom stereocenters. The number of nitrogens with two attached hydrogens (primary N) is 1. The van der Waals surface area contributed by atoms with E-state index in [1.165, 1.54) is 17.3 Å². The summed E-state index contributed by atoms with van der Waals surface area (Å²) in [6.07, 6.45) is 1.65. The number of nitrogen functional groups attached to an aromatic ring is 1. The number of aromatic nitrogens is 5. The van der Waals surface area contributed by atoms with Crippen LogP contribution in [-0.2, 0) is 0 Å². The molecule has 1 fully saturated rings. The number of fused-ring (bicyclic) bond motifs is 2. The Morgan fingerprint density at radius 3 is 2.65 bits per heavy atom. The number of aromatic amines is 1. The highest BCUT2D eigenvalue weighted by molar-refractivity contribution is 6.19. The summed E-state index contributed by atoms with van der Waals surface area (Å²) in [6.45, 7) is 5.09. The number of nitrogens with one attached hydrogen (secondary N) is 1. The third-order valence-corrected chi connectivity index (χ3v) is 7.38. The Kier molecular flexibility index (Phi) is 5.77. The number of phenolic OH excluding ortho intramolecular Hbond substituents is 1. The first-order valence-corrected chi connectivity index (χ1v) is 12.6. The fourth-order valence-electron chi connectivity index (χ4n) is 5.41. The van der Waals surface area contributed by atoms with Gasteiger partial charge in [0.2, 0.25) is 11.7 Å². The van der Waals surface area contributed by atoms with E-state index in [9.17, 15) is 18.7 Å². The van der Waals surface area contributed by atoms with Crippen LogP contribution in [0.1, 0.15) is 32.7 Å². The molecule has 1 aromatic carbocycles. The van der Waals surface area contributed by atoms with Gasteiger partial charge in [-0.15, -0.1) is 0 Å². The number of phenols is 1. The van der Waals surface area contributed by atoms with Crippen molar-refractivity contribution in [3.63, 3.8) is 0 Å². The second-order valence-corrected chi connectivity index (χ2v) is 10.3. The molecule has 0 bridgehead atoms. The summed E-state index contributed by atoms with van der Waals surface area (Å²) in [5, 5.41) is 10.4. The number of nitrogens with zero attached hydrogens (tertiary/aromatic N) is 5. The van der Waals surface area contributed by atoms with Crippen LogP contribution in [0.4, 0.5) is 14.6 Å². The largest absolute Gasteiger partial charge is 0.508 e. The Morgan fingerprint density at radius 1 is 1.18 bits per heavy atom. The summed E-state index contributed by atoms with van der Waals surface area (Å²) >= 11 is 0. The quantitative estimate of drug-likeness (QED) is 0.280. The van der Waals surface area contributed by atoms with Crippen LogP contribution in [0.2, 0.25) is 0 Å². The lowest BCUT2D eigenvalue weighted by molar-refractivity contribution is -0.0628. The average molecular weight is 548 g/mol. The first kappa shape index (κ1) is 25.7. The van der Waals surface area contributed by atoms with E-state index in [0.717, 1.165) is 5.56 Å². The minimum Gasteiger partial charge on any atom is -0.508 e. The van der Waals surface area contributed by atoms with Crippen molar-refractivity contribution in [3.8, 4) is 17.3 Å². The Labute approximate surface area is 227 Å². The Hall–Kier alpha value is -4.58. The summed E-state index contributed by atoms with van der Waals surface area (Å²) in [6, 6.07) is 6.46. The molecule has 0 radical (unpaired) electrons. The van der Waals surface area contributed by atoms with E-state index >= 15 is 0 Å². The maximum atomic E-state index is 14.3. The molecular formula is C28H27F2N7O3. The molecule has 10 nitrogen and oxygen atoms in total. The highest BCUT2D eigenvalue weighted by atomic mass is 19.3. The summed E-state index contributed by atoms with van der Waals surface area (Å²) in [7, 11) is 1.61. The summed E-state index contributed by atoms with van der Waals surface area (Å²) in [4.78, 5) is 31.8. The number of ether oxygens (including phenoxy) is 1. The number of halogens is 2. The van der Waals surface area contributed by atoms with Gasteiger partial charge < -0.3 is 20.6 Å². The third-order valence-electron chi connectivity index (χ3n) is 7.38. The molecule has 1 aliphatic rings. The van der Waals surface area contributed by atoms with Crippen molar-refractivity contribution in [1.82, 2.24) is 29.4 Å². The second kappa shape index (κ2) is 8.98. The molecular weight excluding hydrogens is 520 g/mol. The molecule has 5 aromatic rings. The van der Waals surface area contributed by atoms with Crippen LogP contribution in [0.25, 0.3) is 27.9 Å². The molecule has 0 aliphatic carbocycles. The first-order valence-electron chi connectivity index (χ1n) is 12.6. The maximum absolute atomic E-state index is 14.3. The highest BCUT2D eigenvalue weighted by Crippen LogP contribution is 2.36. The predicted octanol–water partition coefficient (Wildman–Crippen LogP) is 4.07. The number of rotatable bonds is 5. The number of hydrogen-bond acceptors (Lipinski definition) is 8. The number of pyridine rings is 1. The number of aryl methyl sites for hydroxylation is 2. The average Bonchev–Trinajstić information content (AvgIpc) is 3.53. The Morgan fingerprint density at radius 2 is 1.93 bits per heavy atom. The molecule has 12 heteroatoms. The van der Waals surface area contributed by atoms with Gasteiger partial charge in [-0.2, -0.15) is 0 Å². The van der Waals surface area contributed by atoms with Crippen molar-refractivity contribution in [1.29, 1.82) is 0 Å². The van der Waals surface area contributed by atoms with E-state index in [-0.39, 0.29) is 41.8 Å². The van der Waals surface area contributed by atoms with Gasteiger partial charge in [0.15, 0.2) is 11.8 Å². The topological polar surface area (TPSA) is 135 Å². The van der Waals surface area contributed by atoms with Gasteiger partial charge in [0.25, 0.3) is 5.92 Å². The smallest absolute Gasteiger partial charge is 0.297 e. The molecule has 0 saturated carbocycles. The number of hydrogen-bond donors (Lipinski definition) is 3. The zero-order chi connectivity index (χ0) is 28.5. The van der Waals surface area contributed by atoms with Crippen LogP contribution in [-0.4, -0.2) is 72.5 Å². The summed E-state index contributed by atoms with van der Waals surface area (Å²) in [5.74, 6) is -3.20. The minimum atomic E-state index is -3.00. The van der Waals surface area contributed by atoms with E-state index in [1.54, 1.807) is 49.7 Å². The maximum Gasteiger partial charge on any atom is 0.297 e. The van der Waals surface area contributed by atoms with E-state index in [0.29, 0.717) is 39.0 Å². The number of aromatic hydroxyl groups is 1. The van der Waals surface area contributed by atoms with Crippen molar-refractivity contribution in [2.45, 2.75) is 32.8 Å². The molecule has 1 aliphatic heterocycles. The van der Waals surface area contributed by atoms with Crippen LogP contribution in [0, 0.1) is 20.8 Å². The van der Waals surface area contributed by atoms with Crippen molar-refractivity contribution in [3.05, 3.63) is 64.6 Å². The molecule has 40 heavy (non-hydrogen) atoms. The zero-order valence-corrected chi connectivity index (χ0v) is 22.3. The van der Waals surface area contributed by atoms with Gasteiger partial charge in [0.1, 0.15) is 17.1 Å². The fraction of sp³-hybridized carbons (Fsp3) is 0.286. The lowest BCUT2D eigenvalue weighted by Crippen LogP contribution is -2.36. The van der Waals surface area contributed by atoms with Crippen LogP contribution in [0.5, 0.6) is 11.6 Å². The van der Waals surface area contributed by atoms with Gasteiger partial charge in [-0.1, -0.05) is 6.07 Å². The van der Waals surface area contributed by atoms with Crippen LogP contribution < -0.4 is 10.5 Å².